The van der Waals surface area contributed by atoms with Crippen molar-refractivity contribution in [2.24, 2.45) is 0 Å². The molecule has 0 radical (unpaired) electrons. The van der Waals surface area contributed by atoms with Crippen LogP contribution in [0.25, 0.3) is 0 Å². The number of rotatable bonds is 4. The Hall–Kier alpha value is -3.79. The number of carbonyl (C=O) groups excluding carboxylic acids is 4. The Labute approximate surface area is 167 Å². The fraction of sp³-hybridized carbons (Fsp3) is 0.227. The molecule has 1 aromatic carbocycles. The number of pyridine rings is 1. The van der Waals surface area contributed by atoms with Gasteiger partial charge in [0.25, 0.3) is 11.8 Å². The smallest absolute Gasteiger partial charge is 0.262 e. The minimum Gasteiger partial charge on any atom is -0.295 e. The van der Waals surface area contributed by atoms with Gasteiger partial charge in [-0.2, -0.15) is 0 Å². The van der Waals surface area contributed by atoms with E-state index in [1.807, 2.05) is 6.07 Å². The van der Waals surface area contributed by atoms with Crippen LogP contribution in [0.1, 0.15) is 50.4 Å². The molecule has 144 valence electrons. The summed E-state index contributed by atoms with van der Waals surface area (Å²) in [5.74, 6) is 0.502. The third kappa shape index (κ3) is 3.29. The maximum absolute atomic E-state index is 13.1. The molecule has 7 heteroatoms. The highest BCUT2D eigenvalue weighted by molar-refractivity contribution is 6.24. The Kier molecular flexibility index (Phi) is 4.69. The first kappa shape index (κ1) is 18.6. The Balaban J connectivity index is 1.58. The second kappa shape index (κ2) is 7.32. The Morgan fingerprint density at radius 1 is 1.10 bits per heavy atom. The summed E-state index contributed by atoms with van der Waals surface area (Å²) in [4.78, 5) is 54.8. The molecule has 1 unspecified atom stereocenters. The first-order valence-electron chi connectivity index (χ1n) is 9.24. The predicted octanol–water partition coefficient (Wildman–Crippen LogP) is 1.25. The van der Waals surface area contributed by atoms with Gasteiger partial charge in [0.1, 0.15) is 6.04 Å². The molecule has 1 aromatic heterocycles. The van der Waals surface area contributed by atoms with E-state index in [9.17, 15) is 19.2 Å². The number of terminal acetylenes is 1. The minimum absolute atomic E-state index is 0.0932. The Morgan fingerprint density at radius 3 is 2.62 bits per heavy atom. The van der Waals surface area contributed by atoms with Gasteiger partial charge in [0.05, 0.1) is 11.1 Å². The molecule has 0 spiro atoms. The number of aryl methyl sites for hydroxylation is 2. The highest BCUT2D eigenvalue weighted by Crippen LogP contribution is 2.30. The number of benzene rings is 1. The van der Waals surface area contributed by atoms with Gasteiger partial charge in [0.15, 0.2) is 0 Å². The number of carbonyl (C=O) groups is 4. The topological polar surface area (TPSA) is 96.4 Å². The van der Waals surface area contributed by atoms with Crippen molar-refractivity contribution in [3.05, 3.63) is 64.5 Å². The van der Waals surface area contributed by atoms with Gasteiger partial charge in [-0.3, -0.25) is 34.4 Å². The molecule has 2 aromatic rings. The Bertz CT molecular complexity index is 1080. The number of imide groups is 2. The van der Waals surface area contributed by atoms with Gasteiger partial charge < -0.3 is 0 Å². The van der Waals surface area contributed by atoms with Gasteiger partial charge in [-0.15, -0.1) is 6.42 Å². The van der Waals surface area contributed by atoms with E-state index < -0.39 is 29.7 Å². The average Bonchev–Trinajstić information content (AvgIpc) is 2.98. The van der Waals surface area contributed by atoms with E-state index in [2.05, 4.69) is 16.2 Å². The summed E-state index contributed by atoms with van der Waals surface area (Å²) in [6, 6.07) is 7.78. The monoisotopic (exact) mass is 387 g/mol. The van der Waals surface area contributed by atoms with Crippen molar-refractivity contribution >= 4 is 23.6 Å². The first-order valence-corrected chi connectivity index (χ1v) is 9.24. The second-order valence-corrected chi connectivity index (χ2v) is 6.97. The quantitative estimate of drug-likeness (QED) is 0.629. The highest BCUT2D eigenvalue weighted by atomic mass is 16.2. The lowest BCUT2D eigenvalue weighted by atomic mass is 9.98. The summed E-state index contributed by atoms with van der Waals surface area (Å²) in [7, 11) is 0. The van der Waals surface area contributed by atoms with Crippen molar-refractivity contribution in [3.8, 4) is 12.3 Å². The summed E-state index contributed by atoms with van der Waals surface area (Å²) < 4.78 is 0. The van der Waals surface area contributed by atoms with Gasteiger partial charge in [-0.1, -0.05) is 18.1 Å². The summed E-state index contributed by atoms with van der Waals surface area (Å²) in [5, 5.41) is 2.20. The molecule has 3 heterocycles. The molecule has 2 aliphatic heterocycles. The molecule has 0 aliphatic carbocycles. The molecule has 2 aliphatic rings. The number of fused-ring (bicyclic) bond motifs is 1. The van der Waals surface area contributed by atoms with Crippen molar-refractivity contribution in [3.63, 3.8) is 0 Å². The normalized spacial score (nSPS) is 18.4. The van der Waals surface area contributed by atoms with E-state index in [-0.39, 0.29) is 18.4 Å². The van der Waals surface area contributed by atoms with E-state index >= 15 is 0 Å². The van der Waals surface area contributed by atoms with Gasteiger partial charge in [0, 0.05) is 23.9 Å². The van der Waals surface area contributed by atoms with Crippen molar-refractivity contribution in [1.82, 2.24) is 15.2 Å². The van der Waals surface area contributed by atoms with Crippen LogP contribution in [-0.2, 0) is 22.4 Å². The zero-order chi connectivity index (χ0) is 20.5. The molecule has 1 N–H and O–H groups in total. The van der Waals surface area contributed by atoms with Crippen LogP contribution in [0.3, 0.4) is 0 Å². The average molecular weight is 387 g/mol. The fourth-order valence-electron chi connectivity index (χ4n) is 3.71. The van der Waals surface area contributed by atoms with Crippen LogP contribution >= 0.6 is 0 Å². The summed E-state index contributed by atoms with van der Waals surface area (Å²) in [5.41, 5.74) is 2.84. The summed E-state index contributed by atoms with van der Waals surface area (Å²) >= 11 is 0. The van der Waals surface area contributed by atoms with Crippen molar-refractivity contribution in [1.29, 1.82) is 0 Å². The van der Waals surface area contributed by atoms with Crippen molar-refractivity contribution in [2.45, 2.75) is 31.7 Å². The van der Waals surface area contributed by atoms with Gasteiger partial charge in [-0.25, -0.2) is 0 Å². The number of aromatic nitrogens is 1. The lowest BCUT2D eigenvalue weighted by Gasteiger charge is -2.27. The summed E-state index contributed by atoms with van der Waals surface area (Å²) in [6.07, 6.45) is 8.26. The lowest BCUT2D eigenvalue weighted by molar-refractivity contribution is -0.136. The maximum atomic E-state index is 13.1. The molecule has 1 atom stereocenters. The third-order valence-electron chi connectivity index (χ3n) is 5.20. The number of nitrogens with zero attached hydrogens (tertiary/aromatic N) is 2. The maximum Gasteiger partial charge on any atom is 0.262 e. The largest absolute Gasteiger partial charge is 0.295 e. The summed E-state index contributed by atoms with van der Waals surface area (Å²) in [6.45, 7) is 0. The van der Waals surface area contributed by atoms with Crippen LogP contribution in [-0.4, -0.2) is 39.6 Å². The minimum atomic E-state index is -0.967. The van der Waals surface area contributed by atoms with Crippen LogP contribution in [0, 0.1) is 12.3 Å². The molecule has 0 saturated carbocycles. The fourth-order valence-corrected chi connectivity index (χ4v) is 3.71. The predicted molar refractivity (Wildman–Crippen MR) is 103 cm³/mol. The van der Waals surface area contributed by atoms with Crippen molar-refractivity contribution in [2.75, 3.05) is 0 Å². The molecule has 1 saturated heterocycles. The van der Waals surface area contributed by atoms with E-state index in [4.69, 9.17) is 6.42 Å². The van der Waals surface area contributed by atoms with Gasteiger partial charge in [0.2, 0.25) is 11.8 Å². The molecule has 29 heavy (non-hydrogen) atoms. The SMILES string of the molecule is C#Cc1ccc(CCc2cccc3c2C(=O)N(C2CCC(=O)NC2=O)C3=O)nc1. The Morgan fingerprint density at radius 2 is 1.93 bits per heavy atom. The molecule has 4 amide bonds. The number of hydrogen-bond donors (Lipinski definition) is 1. The van der Waals surface area contributed by atoms with Crippen LogP contribution in [0.5, 0.6) is 0 Å². The van der Waals surface area contributed by atoms with E-state index in [0.29, 0.717) is 24.0 Å². The standard InChI is InChI=1S/C22H17N3O4/c1-2-13-6-8-15(23-12-13)9-7-14-4-3-5-16-19(14)22(29)25(21(16)28)17-10-11-18(26)24-20(17)27/h1,3-6,8,12,17H,7,9-11H2,(H,24,26,27). The van der Waals surface area contributed by atoms with Gasteiger partial charge in [-0.05, 0) is 43.0 Å². The lowest BCUT2D eigenvalue weighted by Crippen LogP contribution is -2.54. The number of hydrogen-bond acceptors (Lipinski definition) is 5. The molecular weight excluding hydrogens is 370 g/mol. The first-order chi connectivity index (χ1) is 14.0. The molecule has 7 nitrogen and oxygen atoms in total. The van der Waals surface area contributed by atoms with Crippen molar-refractivity contribution < 1.29 is 19.2 Å². The van der Waals surface area contributed by atoms with Crippen LogP contribution in [0.4, 0.5) is 0 Å². The van der Waals surface area contributed by atoms with E-state index in [1.54, 1.807) is 30.5 Å². The zero-order valence-electron chi connectivity index (χ0n) is 15.5. The zero-order valence-corrected chi connectivity index (χ0v) is 15.5. The molecule has 1 fully saturated rings. The molecule has 0 bridgehead atoms. The second-order valence-electron chi connectivity index (χ2n) is 6.97. The number of amides is 4. The molecule has 4 rings (SSSR count). The van der Waals surface area contributed by atoms with Crippen LogP contribution in [0.15, 0.2) is 36.5 Å². The number of nitrogens with one attached hydrogen (secondary N) is 1. The van der Waals surface area contributed by atoms with Crippen LogP contribution in [0.2, 0.25) is 0 Å². The van der Waals surface area contributed by atoms with Crippen LogP contribution < -0.4 is 5.32 Å². The van der Waals surface area contributed by atoms with Gasteiger partial charge >= 0.3 is 0 Å². The van der Waals surface area contributed by atoms with E-state index in [0.717, 1.165) is 16.2 Å². The van der Waals surface area contributed by atoms with E-state index in [1.165, 1.54) is 0 Å². The highest BCUT2D eigenvalue weighted by Gasteiger charge is 2.45. The molecular formula is C22H17N3O4. The third-order valence-corrected chi connectivity index (χ3v) is 5.20. The number of piperidine rings is 1.